The quantitative estimate of drug-likeness (QED) is 0.721. The average molecular weight is 299 g/mol. The van der Waals surface area contributed by atoms with Crippen molar-refractivity contribution in [2.75, 3.05) is 6.54 Å². The van der Waals surface area contributed by atoms with Crippen molar-refractivity contribution >= 4 is 16.8 Å². The molecule has 1 amide bonds. The zero-order chi connectivity index (χ0) is 15.3. The molecule has 0 saturated heterocycles. The van der Waals surface area contributed by atoms with Gasteiger partial charge >= 0.3 is 0 Å². The third kappa shape index (κ3) is 1.89. The summed E-state index contributed by atoms with van der Waals surface area (Å²) >= 11 is 0. The Balaban J connectivity index is 1.72. The monoisotopic (exact) mass is 299 g/mol. The van der Waals surface area contributed by atoms with Gasteiger partial charge in [0.05, 0.1) is 5.69 Å². The molecular formula is C15H14FN5O. The molecule has 0 bridgehead atoms. The van der Waals surface area contributed by atoms with Gasteiger partial charge in [0, 0.05) is 41.7 Å². The fourth-order valence-corrected chi connectivity index (χ4v) is 3.00. The lowest BCUT2D eigenvalue weighted by Gasteiger charge is -2.26. The zero-order valence-electron chi connectivity index (χ0n) is 12.0. The summed E-state index contributed by atoms with van der Waals surface area (Å²) in [4.78, 5) is 17.6. The van der Waals surface area contributed by atoms with Crippen LogP contribution < -0.4 is 0 Å². The summed E-state index contributed by atoms with van der Waals surface area (Å²) in [7, 11) is 0. The van der Waals surface area contributed by atoms with Gasteiger partial charge in [0.15, 0.2) is 5.69 Å². The molecule has 0 unspecified atom stereocenters. The average Bonchev–Trinajstić information content (AvgIpc) is 3.09. The highest BCUT2D eigenvalue weighted by molar-refractivity contribution is 5.94. The molecule has 3 aromatic rings. The number of hydrogen-bond donors (Lipinski definition) is 2. The van der Waals surface area contributed by atoms with Crippen LogP contribution in [-0.4, -0.2) is 37.7 Å². The van der Waals surface area contributed by atoms with Crippen molar-refractivity contribution in [3.8, 4) is 0 Å². The molecule has 22 heavy (non-hydrogen) atoms. The molecule has 0 fully saturated rings. The first-order valence-electron chi connectivity index (χ1n) is 7.09. The van der Waals surface area contributed by atoms with Crippen LogP contribution in [-0.2, 0) is 13.0 Å². The second-order valence-electron chi connectivity index (χ2n) is 5.51. The molecule has 6 nitrogen and oxygen atoms in total. The molecular weight excluding hydrogens is 285 g/mol. The number of halogens is 1. The van der Waals surface area contributed by atoms with E-state index in [-0.39, 0.29) is 11.7 Å². The first-order chi connectivity index (χ1) is 10.6. The third-order valence-corrected chi connectivity index (χ3v) is 4.15. The summed E-state index contributed by atoms with van der Waals surface area (Å²) in [5.41, 5.74) is 3.88. The third-order valence-electron chi connectivity index (χ3n) is 4.15. The summed E-state index contributed by atoms with van der Waals surface area (Å²) in [5.74, 6) is -0.423. The highest BCUT2D eigenvalue weighted by Crippen LogP contribution is 2.28. The molecule has 1 aromatic carbocycles. The van der Waals surface area contributed by atoms with Crippen molar-refractivity contribution in [3.63, 3.8) is 0 Å². The van der Waals surface area contributed by atoms with E-state index >= 15 is 0 Å². The molecule has 1 aliphatic rings. The second kappa shape index (κ2) is 4.66. The summed E-state index contributed by atoms with van der Waals surface area (Å²) in [6, 6.07) is 4.68. The molecule has 3 heterocycles. The number of carbonyl (C=O) groups excluding carboxylic acids is 1. The van der Waals surface area contributed by atoms with Gasteiger partial charge in [0.25, 0.3) is 5.91 Å². The number of H-pyrrole nitrogens is 2. The Labute approximate surface area is 125 Å². The van der Waals surface area contributed by atoms with Crippen LogP contribution in [0.4, 0.5) is 4.39 Å². The van der Waals surface area contributed by atoms with Crippen molar-refractivity contribution in [1.29, 1.82) is 0 Å². The van der Waals surface area contributed by atoms with E-state index in [1.807, 2.05) is 0 Å². The number of rotatable bonds is 1. The summed E-state index contributed by atoms with van der Waals surface area (Å²) in [5, 5.41) is 11.1. The number of carbonyl (C=O) groups is 1. The Kier molecular flexibility index (Phi) is 2.75. The Bertz CT molecular complexity index is 881. The fraction of sp³-hybridized carbons (Fsp3) is 0.267. The van der Waals surface area contributed by atoms with Crippen LogP contribution >= 0.6 is 0 Å². The van der Waals surface area contributed by atoms with Gasteiger partial charge in [0.2, 0.25) is 0 Å². The van der Waals surface area contributed by atoms with Crippen molar-refractivity contribution < 1.29 is 9.18 Å². The van der Waals surface area contributed by atoms with E-state index in [4.69, 9.17) is 0 Å². The fourth-order valence-electron chi connectivity index (χ4n) is 3.00. The van der Waals surface area contributed by atoms with Gasteiger partial charge in [-0.05, 0) is 25.1 Å². The van der Waals surface area contributed by atoms with E-state index in [1.54, 1.807) is 17.9 Å². The Morgan fingerprint density at radius 3 is 3.00 bits per heavy atom. The van der Waals surface area contributed by atoms with Gasteiger partial charge in [-0.3, -0.25) is 4.79 Å². The zero-order valence-corrected chi connectivity index (χ0v) is 12.0. The normalized spacial score (nSPS) is 14.4. The summed E-state index contributed by atoms with van der Waals surface area (Å²) in [6.45, 7) is 2.80. The van der Waals surface area contributed by atoms with Crippen LogP contribution in [0.2, 0.25) is 0 Å². The van der Waals surface area contributed by atoms with E-state index in [2.05, 4.69) is 20.4 Å². The summed E-state index contributed by atoms with van der Waals surface area (Å²) in [6.07, 6.45) is 0.717. The molecule has 0 spiro atoms. The van der Waals surface area contributed by atoms with Crippen molar-refractivity contribution in [1.82, 2.24) is 25.3 Å². The number of nitrogens with one attached hydrogen (secondary N) is 2. The van der Waals surface area contributed by atoms with Crippen LogP contribution in [0.3, 0.4) is 0 Å². The minimum atomic E-state index is -0.273. The lowest BCUT2D eigenvalue weighted by molar-refractivity contribution is 0.0728. The second-order valence-corrected chi connectivity index (χ2v) is 5.51. The molecule has 1 aliphatic heterocycles. The first-order valence-corrected chi connectivity index (χ1v) is 7.09. The highest BCUT2D eigenvalue weighted by atomic mass is 19.1. The topological polar surface area (TPSA) is 77.7 Å². The number of nitrogens with zero attached hydrogens (tertiary/aromatic N) is 3. The van der Waals surface area contributed by atoms with Crippen LogP contribution in [0.5, 0.6) is 0 Å². The molecule has 0 aliphatic carbocycles. The molecule has 2 aromatic heterocycles. The number of benzene rings is 1. The molecule has 0 saturated carbocycles. The maximum atomic E-state index is 13.5. The van der Waals surface area contributed by atoms with Gasteiger partial charge < -0.3 is 9.88 Å². The summed E-state index contributed by atoms with van der Waals surface area (Å²) < 4.78 is 13.5. The minimum Gasteiger partial charge on any atom is -0.358 e. The van der Waals surface area contributed by atoms with E-state index in [1.165, 1.54) is 12.1 Å². The Morgan fingerprint density at radius 2 is 2.23 bits per heavy atom. The highest BCUT2D eigenvalue weighted by Gasteiger charge is 2.27. The van der Waals surface area contributed by atoms with Gasteiger partial charge in [0.1, 0.15) is 5.82 Å². The number of aromatic nitrogens is 4. The smallest absolute Gasteiger partial charge is 0.276 e. The van der Waals surface area contributed by atoms with Gasteiger partial charge in [-0.25, -0.2) is 4.39 Å². The minimum absolute atomic E-state index is 0.150. The standard InChI is InChI=1S/C15H14FN5O/c1-8-14(19-20-18-8)15(22)21-5-4-13-11(7-21)10-6-9(16)2-3-12(10)17-13/h2-3,6,17H,4-5,7H2,1H3,(H,18,19,20). The van der Waals surface area contributed by atoms with Crippen LogP contribution in [0.1, 0.15) is 27.4 Å². The van der Waals surface area contributed by atoms with Crippen LogP contribution in [0.15, 0.2) is 18.2 Å². The molecule has 7 heteroatoms. The molecule has 112 valence electrons. The van der Waals surface area contributed by atoms with E-state index in [9.17, 15) is 9.18 Å². The maximum Gasteiger partial charge on any atom is 0.276 e. The lowest BCUT2D eigenvalue weighted by Crippen LogP contribution is -2.36. The van der Waals surface area contributed by atoms with Gasteiger partial charge in [-0.1, -0.05) is 0 Å². The lowest BCUT2D eigenvalue weighted by atomic mass is 10.0. The van der Waals surface area contributed by atoms with Crippen molar-refractivity contribution in [2.45, 2.75) is 19.9 Å². The maximum absolute atomic E-state index is 13.5. The molecule has 0 atom stereocenters. The first kappa shape index (κ1) is 13.0. The number of aromatic amines is 2. The Morgan fingerprint density at radius 1 is 1.36 bits per heavy atom. The molecule has 0 radical (unpaired) electrons. The molecule has 4 rings (SSSR count). The number of amides is 1. The van der Waals surface area contributed by atoms with Crippen LogP contribution in [0.25, 0.3) is 10.9 Å². The van der Waals surface area contributed by atoms with E-state index in [0.717, 1.165) is 22.2 Å². The Hall–Kier alpha value is -2.70. The van der Waals surface area contributed by atoms with Crippen LogP contribution in [0, 0.1) is 12.7 Å². The molecule has 2 N–H and O–H groups in total. The van der Waals surface area contributed by atoms with Crippen molar-refractivity contribution in [3.05, 3.63) is 46.7 Å². The van der Waals surface area contributed by atoms with E-state index < -0.39 is 0 Å². The van der Waals surface area contributed by atoms with Gasteiger partial charge in [-0.15, -0.1) is 0 Å². The number of aryl methyl sites for hydroxylation is 1. The predicted octanol–water partition coefficient (Wildman–Crippen LogP) is 1.93. The predicted molar refractivity (Wildman–Crippen MR) is 77.8 cm³/mol. The number of hydrogen-bond acceptors (Lipinski definition) is 3. The SMILES string of the molecule is Cc1n[nH]nc1C(=O)N1CCc2[nH]c3ccc(F)cc3c2C1. The van der Waals surface area contributed by atoms with E-state index in [0.29, 0.717) is 30.9 Å². The number of fused-ring (bicyclic) bond motifs is 3. The van der Waals surface area contributed by atoms with Crippen molar-refractivity contribution in [2.24, 2.45) is 0 Å². The largest absolute Gasteiger partial charge is 0.358 e. The van der Waals surface area contributed by atoms with Gasteiger partial charge in [-0.2, -0.15) is 15.4 Å².